The van der Waals surface area contributed by atoms with Gasteiger partial charge in [-0.05, 0) is 0 Å². The summed E-state index contributed by atoms with van der Waals surface area (Å²) in [5.74, 6) is 0. The summed E-state index contributed by atoms with van der Waals surface area (Å²) in [4.78, 5) is 0. The Balaban J connectivity index is -0.000000104. The van der Waals surface area contributed by atoms with Crippen LogP contribution in [0.25, 0.3) is 0 Å². The first-order chi connectivity index (χ1) is 39.3. The average molecular weight is 1150 g/mol. The van der Waals surface area contributed by atoms with Crippen LogP contribution >= 0.6 is 0 Å². The number of unbranched alkanes of at least 4 members (excludes halogenated alkanes) is 56. The fourth-order valence-corrected chi connectivity index (χ4v) is 9.66. The van der Waals surface area contributed by atoms with E-state index in [1.165, 1.54) is 411 Å². The Labute approximate surface area is 527 Å². The van der Waals surface area contributed by atoms with Crippen LogP contribution in [0.4, 0.5) is 0 Å². The van der Waals surface area contributed by atoms with Crippen molar-refractivity contribution in [1.82, 2.24) is 0 Å². The van der Waals surface area contributed by atoms with Crippen molar-refractivity contribution in [3.05, 3.63) is 0 Å². The Kier molecular flexibility index (Phi) is 151. The van der Waals surface area contributed by atoms with Crippen molar-refractivity contribution in [3.8, 4) is 0 Å². The third-order valence-electron chi connectivity index (χ3n) is 15.7. The molecule has 0 bridgehead atoms. The minimum absolute atomic E-state index is 0. The van der Waals surface area contributed by atoms with Crippen LogP contribution in [0.3, 0.4) is 0 Å². The van der Waals surface area contributed by atoms with Crippen molar-refractivity contribution >= 4 is 8.41 Å². The van der Waals surface area contributed by atoms with E-state index in [0.29, 0.717) is 0 Å². The van der Waals surface area contributed by atoms with Crippen molar-refractivity contribution < 1.29 is 0 Å². The van der Waals surface area contributed by atoms with Gasteiger partial charge in [-0.2, -0.15) is 0 Å². The Morgan fingerprint density at radius 1 is 0.0741 bits per heavy atom. The summed E-state index contributed by atoms with van der Waals surface area (Å²) >= 11 is 0. The summed E-state index contributed by atoms with van der Waals surface area (Å²) in [6.07, 6.45) is 91.7. The van der Waals surface area contributed by atoms with Gasteiger partial charge in [0.25, 0.3) is 0 Å². The lowest BCUT2D eigenvalue weighted by atomic mass is 10.1. The Hall–Kier alpha value is 0.0649. The monoisotopic (exact) mass is 1150 g/mol. The fourth-order valence-electron chi connectivity index (χ4n) is 9.66. The van der Waals surface area contributed by atoms with Gasteiger partial charge in [0.1, 0.15) is 0 Å². The predicted molar refractivity (Wildman–Crippen MR) is 396 cm³/mol. The van der Waals surface area contributed by atoms with Gasteiger partial charge in [-0.3, -0.25) is 0 Å². The molecule has 0 aromatic heterocycles. The van der Waals surface area contributed by atoms with Gasteiger partial charge in [-0.25, -0.2) is 0 Å². The number of hydrogen-bond donors (Lipinski definition) is 0. The molecule has 0 N–H and O–H groups in total. The molecular formula is C80H179B. The van der Waals surface area contributed by atoms with Crippen LogP contribution in [0.2, 0.25) is 0 Å². The van der Waals surface area contributed by atoms with Crippen molar-refractivity contribution in [1.29, 1.82) is 0 Å². The van der Waals surface area contributed by atoms with Crippen molar-refractivity contribution in [2.45, 2.75) is 522 Å². The summed E-state index contributed by atoms with van der Waals surface area (Å²) in [6.45, 7) is 36.3. The van der Waals surface area contributed by atoms with E-state index in [1.807, 2.05) is 0 Å². The maximum atomic E-state index is 2.27. The molecule has 81 heavy (non-hydrogen) atoms. The third kappa shape index (κ3) is 155. The van der Waals surface area contributed by atoms with Gasteiger partial charge in [0.15, 0.2) is 0 Å². The molecule has 1 heteroatoms. The maximum absolute atomic E-state index is 2.27. The van der Waals surface area contributed by atoms with Crippen LogP contribution < -0.4 is 0 Å². The lowest BCUT2D eigenvalue weighted by molar-refractivity contribution is 0.585. The molecule has 0 aliphatic heterocycles. The second kappa shape index (κ2) is 122. The SMILES string of the molecule is B.CCCCCCCCCC.CCCCCCCCCC.CCCCCCCCCC.CCCCCCCCCC.CCCCCCCCCC.CCCCCCCCCC.CCCCCCCCCC.CCCCCCCCCC. The summed E-state index contributed by atoms with van der Waals surface area (Å²) in [7, 11) is 0. The van der Waals surface area contributed by atoms with E-state index < -0.39 is 0 Å². The van der Waals surface area contributed by atoms with E-state index in [-0.39, 0.29) is 8.41 Å². The highest BCUT2D eigenvalue weighted by Gasteiger charge is 1.93. The molecule has 0 aliphatic rings. The van der Waals surface area contributed by atoms with Gasteiger partial charge in [-0.1, -0.05) is 522 Å². The second-order valence-electron chi connectivity index (χ2n) is 25.0. The third-order valence-corrected chi connectivity index (χ3v) is 15.7. The maximum Gasteiger partial charge on any atom is 0.0814 e. The summed E-state index contributed by atoms with van der Waals surface area (Å²) in [5, 5.41) is 0. The Bertz CT molecular complexity index is 520. The van der Waals surface area contributed by atoms with E-state index in [0.717, 1.165) is 0 Å². The Morgan fingerprint density at radius 3 is 0.148 bits per heavy atom. The van der Waals surface area contributed by atoms with Crippen molar-refractivity contribution in [2.75, 3.05) is 0 Å². The zero-order valence-electron chi connectivity index (χ0n) is 61.3. The van der Waals surface area contributed by atoms with E-state index in [1.54, 1.807) is 0 Å². The van der Waals surface area contributed by atoms with E-state index in [4.69, 9.17) is 0 Å². The minimum Gasteiger partial charge on any atom is -0.0654 e. The van der Waals surface area contributed by atoms with Crippen LogP contribution in [0.5, 0.6) is 0 Å². The van der Waals surface area contributed by atoms with Gasteiger partial charge < -0.3 is 0 Å². The number of rotatable bonds is 56. The Morgan fingerprint density at radius 2 is 0.111 bits per heavy atom. The number of hydrogen-bond acceptors (Lipinski definition) is 0. The van der Waals surface area contributed by atoms with Crippen LogP contribution in [0.15, 0.2) is 0 Å². The molecule has 0 unspecified atom stereocenters. The molecule has 0 amide bonds. The van der Waals surface area contributed by atoms with Crippen LogP contribution in [-0.4, -0.2) is 8.41 Å². The first-order valence-electron chi connectivity index (χ1n) is 39.3. The zero-order valence-corrected chi connectivity index (χ0v) is 61.3. The minimum atomic E-state index is 0. The first kappa shape index (κ1) is 100. The normalized spacial score (nSPS) is 10.1. The van der Waals surface area contributed by atoms with Gasteiger partial charge in [0.2, 0.25) is 0 Å². The molecule has 0 fully saturated rings. The van der Waals surface area contributed by atoms with Crippen molar-refractivity contribution in [2.24, 2.45) is 0 Å². The lowest BCUT2D eigenvalue weighted by Gasteiger charge is -1.97. The molecule has 0 aromatic rings. The first-order valence-corrected chi connectivity index (χ1v) is 39.3. The van der Waals surface area contributed by atoms with Crippen LogP contribution in [-0.2, 0) is 0 Å². The molecule has 0 rings (SSSR count). The van der Waals surface area contributed by atoms with Crippen LogP contribution in [0, 0.1) is 0 Å². The van der Waals surface area contributed by atoms with Gasteiger partial charge in [0.05, 0.1) is 8.41 Å². The molecule has 0 saturated heterocycles. The molecule has 0 aliphatic carbocycles. The molecular weight excluding hydrogens is 972 g/mol. The molecule has 0 heterocycles. The van der Waals surface area contributed by atoms with Crippen molar-refractivity contribution in [3.63, 3.8) is 0 Å². The summed E-state index contributed by atoms with van der Waals surface area (Å²) in [5.41, 5.74) is 0. The highest BCUT2D eigenvalue weighted by Crippen LogP contribution is 2.13. The van der Waals surface area contributed by atoms with E-state index >= 15 is 0 Å². The van der Waals surface area contributed by atoms with Gasteiger partial charge >= 0.3 is 0 Å². The average Bonchev–Trinajstić information content (AvgIpc) is 3.47. The lowest BCUT2D eigenvalue weighted by Crippen LogP contribution is -1.77. The van der Waals surface area contributed by atoms with E-state index in [9.17, 15) is 0 Å². The molecule has 0 radical (unpaired) electrons. The molecule has 0 saturated carbocycles. The zero-order chi connectivity index (χ0) is 61.3. The topological polar surface area (TPSA) is 0 Å². The highest BCUT2D eigenvalue weighted by atomic mass is 14.0. The van der Waals surface area contributed by atoms with Gasteiger partial charge in [0, 0.05) is 0 Å². The predicted octanol–water partition coefficient (Wildman–Crippen LogP) is 32.0. The molecule has 502 valence electrons. The summed E-state index contributed by atoms with van der Waals surface area (Å²) in [6, 6.07) is 0. The standard InChI is InChI=1S/8C10H22.BH3/c8*1-3-5-7-9-10-8-6-4-2;/h8*3-10H2,1-2H3;1H3. The molecule has 0 spiro atoms. The smallest absolute Gasteiger partial charge is 0.0654 e. The van der Waals surface area contributed by atoms with E-state index in [2.05, 4.69) is 111 Å². The quantitative estimate of drug-likeness (QED) is 0.0421. The summed E-state index contributed by atoms with van der Waals surface area (Å²) < 4.78 is 0. The molecule has 0 atom stereocenters. The molecule has 0 nitrogen and oxygen atoms in total. The van der Waals surface area contributed by atoms with Gasteiger partial charge in [-0.15, -0.1) is 0 Å². The highest BCUT2D eigenvalue weighted by molar-refractivity contribution is 5.75. The van der Waals surface area contributed by atoms with Crippen LogP contribution in [0.1, 0.15) is 522 Å². The largest absolute Gasteiger partial charge is 0.0814 e. The second-order valence-corrected chi connectivity index (χ2v) is 25.0. The fraction of sp³-hybridized carbons (Fsp3) is 1.00. The molecule has 0 aromatic carbocycles.